The van der Waals surface area contributed by atoms with Crippen molar-refractivity contribution in [1.82, 2.24) is 15.5 Å². The smallest absolute Gasteiger partial charge is 0.188 e. The number of guanidine groups is 1. The number of hydrogen-bond donors (Lipinski definition) is 4. The van der Waals surface area contributed by atoms with Crippen LogP contribution in [0.2, 0.25) is 0 Å². The molecule has 0 saturated carbocycles. The summed E-state index contributed by atoms with van der Waals surface area (Å²) in [6, 6.07) is 2.05. The van der Waals surface area contributed by atoms with E-state index in [0.29, 0.717) is 24.5 Å². The molecule has 1 heterocycles. The summed E-state index contributed by atoms with van der Waals surface area (Å²) in [4.78, 5) is 4.28. The van der Waals surface area contributed by atoms with Gasteiger partial charge in [-0.05, 0) is 19.3 Å². The molecule has 0 amide bonds. The van der Waals surface area contributed by atoms with Gasteiger partial charge in [0.25, 0.3) is 0 Å². The standard InChI is InChI=1S/C16H29N7.HI/c1-2-3-4-5-6-7-10-20-16(19)21-11-8-9-14-13(12-17)15(18)23-22-14;/h2-11H2,1H3,(H3,18,22,23)(H3,19,20,21);1H. The van der Waals surface area contributed by atoms with E-state index in [1.54, 1.807) is 0 Å². The monoisotopic (exact) mass is 447 g/mol. The van der Waals surface area contributed by atoms with E-state index in [1.807, 2.05) is 0 Å². The highest BCUT2D eigenvalue weighted by Gasteiger charge is 2.09. The van der Waals surface area contributed by atoms with E-state index in [-0.39, 0.29) is 29.8 Å². The number of nitrogens with zero attached hydrogens (tertiary/aromatic N) is 3. The average Bonchev–Trinajstić information content (AvgIpc) is 2.90. The molecule has 7 nitrogen and oxygen atoms in total. The van der Waals surface area contributed by atoms with Crippen molar-refractivity contribution in [3.8, 4) is 6.07 Å². The quantitative estimate of drug-likeness (QED) is 0.179. The first-order valence-corrected chi connectivity index (χ1v) is 8.45. The summed E-state index contributed by atoms with van der Waals surface area (Å²) < 4.78 is 0. The first-order valence-electron chi connectivity index (χ1n) is 8.45. The highest BCUT2D eigenvalue weighted by atomic mass is 127. The number of nitriles is 1. The van der Waals surface area contributed by atoms with Gasteiger partial charge in [0.05, 0.1) is 5.69 Å². The largest absolute Gasteiger partial charge is 0.381 e. The number of H-pyrrole nitrogens is 1. The minimum Gasteiger partial charge on any atom is -0.381 e. The Labute approximate surface area is 161 Å². The number of aliphatic imine (C=N–C) groups is 1. The number of aromatic nitrogens is 2. The number of unbranched alkanes of at least 4 members (excludes halogenated alkanes) is 5. The lowest BCUT2D eigenvalue weighted by Gasteiger charge is -2.05. The summed E-state index contributed by atoms with van der Waals surface area (Å²) in [5, 5.41) is 18.7. The number of aromatic amines is 1. The van der Waals surface area contributed by atoms with Gasteiger partial charge in [-0.25, -0.2) is 0 Å². The molecule has 0 aromatic carbocycles. The Hall–Kier alpha value is -1.50. The van der Waals surface area contributed by atoms with Gasteiger partial charge in [-0.15, -0.1) is 24.0 Å². The molecule has 6 N–H and O–H groups in total. The fraction of sp³-hybridized carbons (Fsp3) is 0.688. The molecule has 0 unspecified atom stereocenters. The molecule has 0 radical (unpaired) electrons. The number of nitrogens with one attached hydrogen (secondary N) is 2. The molecule has 0 aliphatic carbocycles. The third kappa shape index (κ3) is 8.96. The van der Waals surface area contributed by atoms with Crippen molar-refractivity contribution in [1.29, 1.82) is 5.26 Å². The van der Waals surface area contributed by atoms with Gasteiger partial charge in [0.2, 0.25) is 0 Å². The van der Waals surface area contributed by atoms with Crippen LogP contribution in [0.1, 0.15) is 63.1 Å². The second-order valence-corrected chi connectivity index (χ2v) is 5.64. The molecular formula is C16H30IN7. The van der Waals surface area contributed by atoms with Gasteiger partial charge < -0.3 is 16.8 Å². The zero-order chi connectivity index (χ0) is 16.9. The molecule has 0 atom stereocenters. The van der Waals surface area contributed by atoms with Crippen LogP contribution in [0.15, 0.2) is 4.99 Å². The Morgan fingerprint density at radius 1 is 1.25 bits per heavy atom. The third-order valence-electron chi connectivity index (χ3n) is 3.68. The first-order chi connectivity index (χ1) is 11.2. The number of aryl methyl sites for hydroxylation is 1. The van der Waals surface area contributed by atoms with Crippen LogP contribution in [-0.4, -0.2) is 29.2 Å². The van der Waals surface area contributed by atoms with Crippen LogP contribution < -0.4 is 16.8 Å². The van der Waals surface area contributed by atoms with E-state index in [4.69, 9.17) is 16.7 Å². The zero-order valence-corrected chi connectivity index (χ0v) is 16.8. The highest BCUT2D eigenvalue weighted by molar-refractivity contribution is 14.0. The lowest BCUT2D eigenvalue weighted by molar-refractivity contribution is 0.601. The number of nitrogens with two attached hydrogens (primary N) is 2. The summed E-state index contributed by atoms with van der Waals surface area (Å²) in [6.07, 6.45) is 9.05. The van der Waals surface area contributed by atoms with E-state index in [2.05, 4.69) is 33.5 Å². The van der Waals surface area contributed by atoms with Gasteiger partial charge in [0.1, 0.15) is 11.6 Å². The van der Waals surface area contributed by atoms with Gasteiger partial charge in [0, 0.05) is 13.1 Å². The fourth-order valence-electron chi connectivity index (χ4n) is 2.33. The average molecular weight is 447 g/mol. The van der Waals surface area contributed by atoms with Crippen LogP contribution in [0, 0.1) is 11.3 Å². The van der Waals surface area contributed by atoms with Gasteiger partial charge in [0.15, 0.2) is 11.8 Å². The Bertz CT molecular complexity index is 519. The number of nitrogen functional groups attached to an aromatic ring is 1. The number of rotatable bonds is 11. The maximum Gasteiger partial charge on any atom is 0.188 e. The molecule has 0 fully saturated rings. The maximum atomic E-state index is 8.97. The Morgan fingerprint density at radius 3 is 2.67 bits per heavy atom. The molecule has 0 spiro atoms. The predicted molar refractivity (Wildman–Crippen MR) is 109 cm³/mol. The summed E-state index contributed by atoms with van der Waals surface area (Å²) in [7, 11) is 0. The van der Waals surface area contributed by atoms with Crippen molar-refractivity contribution < 1.29 is 0 Å². The Balaban J connectivity index is 0.00000529. The Morgan fingerprint density at radius 2 is 1.96 bits per heavy atom. The first kappa shape index (κ1) is 22.5. The van der Waals surface area contributed by atoms with Crippen molar-refractivity contribution in [2.24, 2.45) is 10.7 Å². The van der Waals surface area contributed by atoms with Gasteiger partial charge in [-0.1, -0.05) is 39.0 Å². The van der Waals surface area contributed by atoms with E-state index in [1.165, 1.54) is 32.1 Å². The molecule has 0 aliphatic rings. The van der Waals surface area contributed by atoms with Crippen molar-refractivity contribution in [2.45, 2.75) is 58.3 Å². The van der Waals surface area contributed by atoms with Crippen LogP contribution in [0.25, 0.3) is 0 Å². The van der Waals surface area contributed by atoms with E-state index >= 15 is 0 Å². The molecule has 1 aromatic rings. The summed E-state index contributed by atoms with van der Waals surface area (Å²) in [6.45, 7) is 3.71. The van der Waals surface area contributed by atoms with Gasteiger partial charge in [-0.3, -0.25) is 10.1 Å². The Kier molecular flexibility index (Phi) is 13.0. The SMILES string of the molecule is CCCCCCCCNC(N)=NCCCc1[nH]nc(N)c1C#N.I. The molecular weight excluding hydrogens is 417 g/mol. The summed E-state index contributed by atoms with van der Waals surface area (Å²) in [5.41, 5.74) is 12.6. The molecule has 8 heteroatoms. The van der Waals surface area contributed by atoms with Gasteiger partial charge >= 0.3 is 0 Å². The third-order valence-corrected chi connectivity index (χ3v) is 3.68. The van der Waals surface area contributed by atoms with Crippen LogP contribution in [0.4, 0.5) is 5.82 Å². The number of anilines is 1. The topological polar surface area (TPSA) is 129 Å². The van der Waals surface area contributed by atoms with Crippen LogP contribution >= 0.6 is 24.0 Å². The van der Waals surface area contributed by atoms with Crippen molar-refractivity contribution in [3.05, 3.63) is 11.3 Å². The van der Waals surface area contributed by atoms with Crippen LogP contribution in [0.3, 0.4) is 0 Å². The fourth-order valence-corrected chi connectivity index (χ4v) is 2.33. The molecule has 1 rings (SSSR count). The highest BCUT2D eigenvalue weighted by Crippen LogP contribution is 2.13. The van der Waals surface area contributed by atoms with Gasteiger partial charge in [-0.2, -0.15) is 10.4 Å². The molecule has 136 valence electrons. The zero-order valence-electron chi connectivity index (χ0n) is 14.5. The van der Waals surface area contributed by atoms with Crippen molar-refractivity contribution in [3.63, 3.8) is 0 Å². The normalized spacial score (nSPS) is 10.9. The summed E-state index contributed by atoms with van der Waals surface area (Å²) in [5.74, 6) is 0.745. The predicted octanol–water partition coefficient (Wildman–Crippen LogP) is 2.68. The summed E-state index contributed by atoms with van der Waals surface area (Å²) >= 11 is 0. The minimum absolute atomic E-state index is 0. The van der Waals surface area contributed by atoms with E-state index in [9.17, 15) is 0 Å². The number of halogens is 1. The maximum absolute atomic E-state index is 8.97. The second-order valence-electron chi connectivity index (χ2n) is 5.64. The lowest BCUT2D eigenvalue weighted by atomic mass is 10.1. The molecule has 24 heavy (non-hydrogen) atoms. The van der Waals surface area contributed by atoms with E-state index in [0.717, 1.165) is 25.1 Å². The molecule has 0 bridgehead atoms. The van der Waals surface area contributed by atoms with E-state index < -0.39 is 0 Å². The van der Waals surface area contributed by atoms with Crippen molar-refractivity contribution in [2.75, 3.05) is 18.8 Å². The lowest BCUT2D eigenvalue weighted by Crippen LogP contribution is -2.32. The number of hydrogen-bond acceptors (Lipinski definition) is 4. The second kappa shape index (κ2) is 13.9. The van der Waals surface area contributed by atoms with Crippen molar-refractivity contribution >= 4 is 35.8 Å². The molecule has 0 saturated heterocycles. The van der Waals surface area contributed by atoms with Crippen LogP contribution in [-0.2, 0) is 6.42 Å². The minimum atomic E-state index is 0. The molecule has 1 aromatic heterocycles. The molecule has 0 aliphatic heterocycles. The van der Waals surface area contributed by atoms with Crippen LogP contribution in [0.5, 0.6) is 0 Å².